The maximum Gasteiger partial charge on any atom is 0.255 e. The van der Waals surface area contributed by atoms with Crippen LogP contribution in [0.25, 0.3) is 0 Å². The molecular formula is C15H14ClFN2O2. The van der Waals surface area contributed by atoms with Crippen LogP contribution in [0.1, 0.15) is 17.3 Å². The fourth-order valence-corrected chi connectivity index (χ4v) is 1.96. The summed E-state index contributed by atoms with van der Waals surface area (Å²) in [5.41, 5.74) is 6.39. The van der Waals surface area contributed by atoms with E-state index in [-0.39, 0.29) is 11.3 Å². The van der Waals surface area contributed by atoms with Gasteiger partial charge in [-0.1, -0.05) is 11.6 Å². The number of carbonyl (C=O) groups is 1. The van der Waals surface area contributed by atoms with Crippen LogP contribution in [-0.4, -0.2) is 12.5 Å². The lowest BCUT2D eigenvalue weighted by Crippen LogP contribution is -2.13. The van der Waals surface area contributed by atoms with Gasteiger partial charge in [0.1, 0.15) is 11.6 Å². The average molecular weight is 309 g/mol. The highest BCUT2D eigenvalue weighted by atomic mass is 35.5. The molecule has 0 unspecified atom stereocenters. The normalized spacial score (nSPS) is 10.2. The van der Waals surface area contributed by atoms with Crippen LogP contribution in [-0.2, 0) is 0 Å². The zero-order valence-electron chi connectivity index (χ0n) is 11.3. The van der Waals surface area contributed by atoms with E-state index in [1.165, 1.54) is 30.3 Å². The van der Waals surface area contributed by atoms with Gasteiger partial charge in [-0.05, 0) is 37.3 Å². The topological polar surface area (TPSA) is 64.3 Å². The highest BCUT2D eigenvalue weighted by Crippen LogP contribution is 2.23. The van der Waals surface area contributed by atoms with Crippen LogP contribution in [0, 0.1) is 5.82 Å². The lowest BCUT2D eigenvalue weighted by Gasteiger charge is -2.10. The number of benzene rings is 2. The van der Waals surface area contributed by atoms with E-state index >= 15 is 0 Å². The summed E-state index contributed by atoms with van der Waals surface area (Å²) in [6.07, 6.45) is 0. The first kappa shape index (κ1) is 15.1. The standard InChI is InChI=1S/C15H14ClFN2O2/c1-2-21-12-6-9(5-11(18)8-12)15(20)19-14-7-10(16)3-4-13(14)17/h3-8H,2,18H2,1H3,(H,19,20). The number of hydrogen-bond donors (Lipinski definition) is 2. The molecule has 2 aromatic carbocycles. The van der Waals surface area contributed by atoms with Crippen LogP contribution in [0.2, 0.25) is 5.02 Å². The minimum absolute atomic E-state index is 0.00730. The molecule has 2 rings (SSSR count). The van der Waals surface area contributed by atoms with Gasteiger partial charge in [0.2, 0.25) is 0 Å². The fourth-order valence-electron chi connectivity index (χ4n) is 1.79. The van der Waals surface area contributed by atoms with Gasteiger partial charge in [-0.15, -0.1) is 0 Å². The van der Waals surface area contributed by atoms with Crippen molar-refractivity contribution in [1.82, 2.24) is 0 Å². The van der Waals surface area contributed by atoms with Crippen molar-refractivity contribution in [3.63, 3.8) is 0 Å². The first-order valence-electron chi connectivity index (χ1n) is 6.29. The number of rotatable bonds is 4. The lowest BCUT2D eigenvalue weighted by atomic mass is 10.1. The van der Waals surface area contributed by atoms with Crippen LogP contribution in [0.4, 0.5) is 15.8 Å². The van der Waals surface area contributed by atoms with Gasteiger partial charge >= 0.3 is 0 Å². The Morgan fingerprint density at radius 3 is 2.81 bits per heavy atom. The quantitative estimate of drug-likeness (QED) is 0.846. The van der Waals surface area contributed by atoms with E-state index in [2.05, 4.69) is 5.32 Å². The van der Waals surface area contributed by atoms with Gasteiger partial charge in [0, 0.05) is 22.3 Å². The molecule has 4 nitrogen and oxygen atoms in total. The van der Waals surface area contributed by atoms with E-state index in [1.54, 1.807) is 6.07 Å². The molecular weight excluding hydrogens is 295 g/mol. The molecule has 2 aromatic rings. The molecule has 0 heterocycles. The molecule has 0 atom stereocenters. The Labute approximate surface area is 126 Å². The number of hydrogen-bond acceptors (Lipinski definition) is 3. The van der Waals surface area contributed by atoms with Gasteiger partial charge in [0.15, 0.2) is 0 Å². The summed E-state index contributed by atoms with van der Waals surface area (Å²) in [6, 6.07) is 8.56. The zero-order valence-corrected chi connectivity index (χ0v) is 12.1. The molecule has 0 saturated heterocycles. The third kappa shape index (κ3) is 3.86. The van der Waals surface area contributed by atoms with E-state index < -0.39 is 11.7 Å². The first-order chi connectivity index (χ1) is 9.99. The van der Waals surface area contributed by atoms with Crippen molar-refractivity contribution in [2.75, 3.05) is 17.7 Å². The van der Waals surface area contributed by atoms with Crippen LogP contribution in [0.3, 0.4) is 0 Å². The number of nitrogen functional groups attached to an aromatic ring is 1. The molecule has 0 bridgehead atoms. The highest BCUT2D eigenvalue weighted by molar-refractivity contribution is 6.31. The van der Waals surface area contributed by atoms with Crippen LogP contribution >= 0.6 is 11.6 Å². The smallest absolute Gasteiger partial charge is 0.255 e. The summed E-state index contributed by atoms with van der Waals surface area (Å²) in [5.74, 6) is -0.583. The Kier molecular flexibility index (Phi) is 4.65. The molecule has 0 aliphatic carbocycles. The number of amides is 1. The lowest BCUT2D eigenvalue weighted by molar-refractivity contribution is 0.102. The van der Waals surface area contributed by atoms with Gasteiger partial charge in [-0.25, -0.2) is 4.39 Å². The van der Waals surface area contributed by atoms with Crippen molar-refractivity contribution in [1.29, 1.82) is 0 Å². The number of ether oxygens (including phenoxy) is 1. The number of nitrogens with two attached hydrogens (primary N) is 1. The van der Waals surface area contributed by atoms with Gasteiger partial charge in [-0.3, -0.25) is 4.79 Å². The third-order valence-corrected chi connectivity index (χ3v) is 2.91. The molecule has 1 amide bonds. The molecule has 0 fully saturated rings. The molecule has 6 heteroatoms. The Bertz CT molecular complexity index is 677. The largest absolute Gasteiger partial charge is 0.494 e. The van der Waals surface area contributed by atoms with Crippen molar-refractivity contribution < 1.29 is 13.9 Å². The van der Waals surface area contributed by atoms with E-state index in [4.69, 9.17) is 22.1 Å². The Morgan fingerprint density at radius 2 is 2.10 bits per heavy atom. The van der Waals surface area contributed by atoms with Crippen LogP contribution in [0.5, 0.6) is 5.75 Å². The molecule has 0 spiro atoms. The summed E-state index contributed by atoms with van der Waals surface area (Å²) in [4.78, 5) is 12.2. The Balaban J connectivity index is 2.25. The maximum absolute atomic E-state index is 13.6. The molecule has 110 valence electrons. The number of carbonyl (C=O) groups excluding carboxylic acids is 1. The van der Waals surface area contributed by atoms with Gasteiger partial charge < -0.3 is 15.8 Å². The monoisotopic (exact) mass is 308 g/mol. The van der Waals surface area contributed by atoms with Gasteiger partial charge in [-0.2, -0.15) is 0 Å². The van der Waals surface area contributed by atoms with Crippen LogP contribution < -0.4 is 15.8 Å². The predicted molar refractivity (Wildman–Crippen MR) is 81.4 cm³/mol. The predicted octanol–water partition coefficient (Wildman–Crippen LogP) is 3.71. The Morgan fingerprint density at radius 1 is 1.33 bits per heavy atom. The molecule has 21 heavy (non-hydrogen) atoms. The summed E-state index contributed by atoms with van der Waals surface area (Å²) in [5, 5.41) is 2.78. The summed E-state index contributed by atoms with van der Waals surface area (Å²) in [6.45, 7) is 2.28. The second kappa shape index (κ2) is 6.45. The Hall–Kier alpha value is -2.27. The zero-order chi connectivity index (χ0) is 15.4. The van der Waals surface area contributed by atoms with Crippen molar-refractivity contribution >= 4 is 28.9 Å². The van der Waals surface area contributed by atoms with Crippen molar-refractivity contribution in [2.24, 2.45) is 0 Å². The minimum atomic E-state index is -0.568. The fraction of sp³-hybridized carbons (Fsp3) is 0.133. The number of halogens is 2. The molecule has 0 radical (unpaired) electrons. The second-order valence-electron chi connectivity index (χ2n) is 4.30. The number of anilines is 2. The SMILES string of the molecule is CCOc1cc(N)cc(C(=O)Nc2cc(Cl)ccc2F)c1. The number of nitrogens with one attached hydrogen (secondary N) is 1. The second-order valence-corrected chi connectivity index (χ2v) is 4.74. The van der Waals surface area contributed by atoms with Gasteiger partial charge in [0.05, 0.1) is 12.3 Å². The van der Waals surface area contributed by atoms with Crippen molar-refractivity contribution in [2.45, 2.75) is 6.92 Å². The van der Waals surface area contributed by atoms with E-state index in [1.807, 2.05) is 6.92 Å². The molecule has 0 aromatic heterocycles. The van der Waals surface area contributed by atoms with E-state index in [0.717, 1.165) is 0 Å². The highest BCUT2D eigenvalue weighted by Gasteiger charge is 2.12. The maximum atomic E-state index is 13.6. The van der Waals surface area contributed by atoms with Crippen molar-refractivity contribution in [3.8, 4) is 5.75 Å². The van der Waals surface area contributed by atoms with Gasteiger partial charge in [0.25, 0.3) is 5.91 Å². The van der Waals surface area contributed by atoms with Crippen LogP contribution in [0.15, 0.2) is 36.4 Å². The molecule has 0 aliphatic rings. The summed E-state index contributed by atoms with van der Waals surface area (Å²) in [7, 11) is 0. The molecule has 0 aliphatic heterocycles. The first-order valence-corrected chi connectivity index (χ1v) is 6.67. The third-order valence-electron chi connectivity index (χ3n) is 2.68. The average Bonchev–Trinajstić information content (AvgIpc) is 2.42. The van der Waals surface area contributed by atoms with Crippen molar-refractivity contribution in [3.05, 3.63) is 52.8 Å². The summed E-state index contributed by atoms with van der Waals surface area (Å²) < 4.78 is 18.9. The molecule has 3 N–H and O–H groups in total. The minimum Gasteiger partial charge on any atom is -0.494 e. The molecule has 0 saturated carbocycles. The van der Waals surface area contributed by atoms with E-state index in [0.29, 0.717) is 23.1 Å². The summed E-state index contributed by atoms with van der Waals surface area (Å²) >= 11 is 5.78. The van der Waals surface area contributed by atoms with E-state index in [9.17, 15) is 9.18 Å².